The van der Waals surface area contributed by atoms with Crippen LogP contribution in [0.25, 0.3) is 10.9 Å². The van der Waals surface area contributed by atoms with Crippen molar-refractivity contribution in [3.05, 3.63) is 40.7 Å². The molecule has 0 saturated heterocycles. The molecule has 0 aliphatic rings. The van der Waals surface area contributed by atoms with E-state index in [2.05, 4.69) is 5.10 Å². The lowest BCUT2D eigenvalue weighted by Crippen LogP contribution is -2.21. The van der Waals surface area contributed by atoms with Crippen molar-refractivity contribution in [3.63, 3.8) is 0 Å². The molecule has 0 aliphatic carbocycles. The zero-order chi connectivity index (χ0) is 13.1. The Morgan fingerprint density at radius 2 is 2.11 bits per heavy atom. The van der Waals surface area contributed by atoms with E-state index < -0.39 is 0 Å². The molecule has 0 saturated carbocycles. The second-order valence-corrected chi connectivity index (χ2v) is 4.46. The molecular weight excluding hydrogens is 228 g/mol. The molecule has 0 amide bonds. The molecule has 1 aromatic heterocycles. The van der Waals surface area contributed by atoms with E-state index in [4.69, 9.17) is 0 Å². The summed E-state index contributed by atoms with van der Waals surface area (Å²) in [6, 6.07) is 7.22. The van der Waals surface area contributed by atoms with E-state index in [0.717, 1.165) is 6.42 Å². The van der Waals surface area contributed by atoms with Gasteiger partial charge in [-0.3, -0.25) is 14.3 Å². The predicted molar refractivity (Wildman–Crippen MR) is 70.5 cm³/mol. The fraction of sp³-hybridized carbons (Fsp3) is 0.357. The molecule has 1 atom stereocenters. The minimum absolute atomic E-state index is 0.0185. The minimum Gasteiger partial charge on any atom is -0.297 e. The van der Waals surface area contributed by atoms with Crippen LogP contribution in [0.15, 0.2) is 35.3 Å². The van der Waals surface area contributed by atoms with Crippen LogP contribution < -0.4 is 5.43 Å². The SMILES string of the molecule is CCC(C)C(=O)Cn1ncc(=O)c2ccccc21. The highest BCUT2D eigenvalue weighted by Gasteiger charge is 2.13. The number of hydrogen-bond acceptors (Lipinski definition) is 3. The van der Waals surface area contributed by atoms with Gasteiger partial charge < -0.3 is 0 Å². The number of nitrogens with zero attached hydrogens (tertiary/aromatic N) is 2. The summed E-state index contributed by atoms with van der Waals surface area (Å²) in [4.78, 5) is 23.6. The summed E-state index contributed by atoms with van der Waals surface area (Å²) in [5, 5.41) is 4.65. The van der Waals surface area contributed by atoms with Crippen molar-refractivity contribution in [1.29, 1.82) is 0 Å². The standard InChI is InChI=1S/C14H16N2O2/c1-3-10(2)14(18)9-16-12-7-5-4-6-11(12)13(17)8-15-16/h4-8,10H,3,9H2,1-2H3. The first kappa shape index (κ1) is 12.5. The maximum Gasteiger partial charge on any atom is 0.207 e. The molecule has 0 spiro atoms. The van der Waals surface area contributed by atoms with Crippen LogP contribution in [-0.4, -0.2) is 15.6 Å². The molecule has 0 radical (unpaired) electrons. The van der Waals surface area contributed by atoms with Crippen molar-refractivity contribution < 1.29 is 4.79 Å². The third-order valence-corrected chi connectivity index (χ3v) is 3.23. The molecule has 1 aromatic carbocycles. The number of hydrogen-bond donors (Lipinski definition) is 0. The molecule has 0 N–H and O–H groups in total. The van der Waals surface area contributed by atoms with Crippen molar-refractivity contribution >= 4 is 16.7 Å². The molecule has 94 valence electrons. The van der Waals surface area contributed by atoms with Crippen LogP contribution in [0.1, 0.15) is 20.3 Å². The van der Waals surface area contributed by atoms with Crippen LogP contribution in [0.5, 0.6) is 0 Å². The van der Waals surface area contributed by atoms with Crippen LogP contribution in [-0.2, 0) is 11.3 Å². The molecule has 4 nitrogen and oxygen atoms in total. The van der Waals surface area contributed by atoms with Crippen molar-refractivity contribution in [3.8, 4) is 0 Å². The number of ketones is 1. The monoisotopic (exact) mass is 244 g/mol. The average Bonchev–Trinajstić information content (AvgIpc) is 2.41. The molecule has 0 fully saturated rings. The minimum atomic E-state index is -0.113. The lowest BCUT2D eigenvalue weighted by atomic mass is 10.0. The Morgan fingerprint density at radius 3 is 2.83 bits per heavy atom. The van der Waals surface area contributed by atoms with Gasteiger partial charge in [-0.1, -0.05) is 26.0 Å². The van der Waals surface area contributed by atoms with Gasteiger partial charge in [0.05, 0.1) is 11.7 Å². The normalized spacial score (nSPS) is 12.6. The van der Waals surface area contributed by atoms with Gasteiger partial charge in [-0.15, -0.1) is 0 Å². The Balaban J connectivity index is 2.43. The number of rotatable bonds is 4. The molecule has 0 aliphatic heterocycles. The van der Waals surface area contributed by atoms with Crippen molar-refractivity contribution in [2.75, 3.05) is 0 Å². The first-order chi connectivity index (χ1) is 8.63. The molecule has 4 heteroatoms. The number of carbonyl (C=O) groups is 1. The number of carbonyl (C=O) groups excluding carboxylic acids is 1. The molecule has 0 bridgehead atoms. The van der Waals surface area contributed by atoms with Crippen LogP contribution in [0, 0.1) is 5.92 Å². The van der Waals surface area contributed by atoms with Crippen molar-refractivity contribution in [1.82, 2.24) is 9.78 Å². The summed E-state index contributed by atoms with van der Waals surface area (Å²) in [5.74, 6) is 0.156. The van der Waals surface area contributed by atoms with E-state index in [0.29, 0.717) is 10.9 Å². The zero-order valence-corrected chi connectivity index (χ0v) is 10.6. The van der Waals surface area contributed by atoms with Gasteiger partial charge in [0.1, 0.15) is 6.54 Å². The van der Waals surface area contributed by atoms with Crippen molar-refractivity contribution in [2.24, 2.45) is 5.92 Å². The summed E-state index contributed by atoms with van der Waals surface area (Å²) in [5.41, 5.74) is 0.597. The lowest BCUT2D eigenvalue weighted by molar-refractivity contribution is -0.123. The highest BCUT2D eigenvalue weighted by Crippen LogP contribution is 2.10. The molecule has 2 aromatic rings. The van der Waals surface area contributed by atoms with Crippen molar-refractivity contribution in [2.45, 2.75) is 26.8 Å². The molecular formula is C14H16N2O2. The summed E-state index contributed by atoms with van der Waals surface area (Å²) in [6.07, 6.45) is 2.09. The van der Waals surface area contributed by atoms with E-state index in [1.54, 1.807) is 10.7 Å². The second kappa shape index (κ2) is 5.12. The van der Waals surface area contributed by atoms with Gasteiger partial charge in [-0.05, 0) is 18.6 Å². The average molecular weight is 244 g/mol. The van der Waals surface area contributed by atoms with Gasteiger partial charge in [0, 0.05) is 11.3 Å². The number of Topliss-reactive ketones (excluding diaryl/α,β-unsaturated/α-hetero) is 1. The summed E-state index contributed by atoms with van der Waals surface area (Å²) >= 11 is 0. The molecule has 2 rings (SSSR count). The summed E-state index contributed by atoms with van der Waals surface area (Å²) < 4.78 is 1.60. The van der Waals surface area contributed by atoms with E-state index in [1.165, 1.54) is 6.20 Å². The Kier molecular flexibility index (Phi) is 3.55. The predicted octanol–water partition coefficient (Wildman–Crippen LogP) is 2.01. The first-order valence-electron chi connectivity index (χ1n) is 6.11. The van der Waals surface area contributed by atoms with E-state index >= 15 is 0 Å². The zero-order valence-electron chi connectivity index (χ0n) is 10.6. The molecule has 18 heavy (non-hydrogen) atoms. The Labute approximate surface area is 105 Å². The largest absolute Gasteiger partial charge is 0.297 e. The third-order valence-electron chi connectivity index (χ3n) is 3.23. The first-order valence-corrected chi connectivity index (χ1v) is 6.11. The quantitative estimate of drug-likeness (QED) is 0.826. The highest BCUT2D eigenvalue weighted by atomic mass is 16.1. The smallest absolute Gasteiger partial charge is 0.207 e. The Hall–Kier alpha value is -1.97. The lowest BCUT2D eigenvalue weighted by Gasteiger charge is -2.11. The van der Waals surface area contributed by atoms with Crippen LogP contribution in [0.2, 0.25) is 0 Å². The van der Waals surface area contributed by atoms with Gasteiger partial charge in [-0.2, -0.15) is 5.10 Å². The number of benzene rings is 1. The molecule has 1 heterocycles. The Morgan fingerprint density at radius 1 is 1.39 bits per heavy atom. The fourth-order valence-corrected chi connectivity index (χ4v) is 1.82. The number of para-hydroxylation sites is 1. The van der Waals surface area contributed by atoms with Gasteiger partial charge in [0.2, 0.25) is 5.43 Å². The van der Waals surface area contributed by atoms with E-state index in [9.17, 15) is 9.59 Å². The number of aromatic nitrogens is 2. The highest BCUT2D eigenvalue weighted by molar-refractivity contribution is 5.83. The third kappa shape index (κ3) is 2.32. The van der Waals surface area contributed by atoms with E-state index in [-0.39, 0.29) is 23.7 Å². The number of fused-ring (bicyclic) bond motifs is 1. The van der Waals surface area contributed by atoms with Gasteiger partial charge in [0.15, 0.2) is 5.78 Å². The van der Waals surface area contributed by atoms with Crippen LogP contribution in [0.4, 0.5) is 0 Å². The van der Waals surface area contributed by atoms with Gasteiger partial charge in [0.25, 0.3) is 0 Å². The van der Waals surface area contributed by atoms with E-state index in [1.807, 2.05) is 32.0 Å². The summed E-state index contributed by atoms with van der Waals surface area (Å²) in [6.45, 7) is 4.11. The Bertz CT molecular complexity index is 631. The van der Waals surface area contributed by atoms with Crippen LogP contribution in [0.3, 0.4) is 0 Å². The van der Waals surface area contributed by atoms with Crippen LogP contribution >= 0.6 is 0 Å². The summed E-state index contributed by atoms with van der Waals surface area (Å²) in [7, 11) is 0. The maximum absolute atomic E-state index is 11.9. The maximum atomic E-state index is 11.9. The second-order valence-electron chi connectivity index (χ2n) is 4.46. The topological polar surface area (TPSA) is 52.0 Å². The van der Waals surface area contributed by atoms with Gasteiger partial charge >= 0.3 is 0 Å². The fourth-order valence-electron chi connectivity index (χ4n) is 1.82. The van der Waals surface area contributed by atoms with Gasteiger partial charge in [-0.25, -0.2) is 0 Å². The molecule has 1 unspecified atom stereocenters.